The van der Waals surface area contributed by atoms with Gasteiger partial charge < -0.3 is 44.0 Å². The van der Waals surface area contributed by atoms with Crippen molar-refractivity contribution in [1.82, 2.24) is 14.9 Å². The van der Waals surface area contributed by atoms with Crippen LogP contribution in [-0.4, -0.2) is 124 Å². The number of hydrogen-bond acceptors (Lipinski definition) is 13. The molecule has 1 rings (SSSR count). The first-order valence-electron chi connectivity index (χ1n) is 16.4. The number of nitrogens with one attached hydrogen (secondary N) is 1. The Labute approximate surface area is 325 Å². The Bertz CT molecular complexity index is 1200. The van der Waals surface area contributed by atoms with Crippen LogP contribution in [0.3, 0.4) is 0 Å². The number of carbonyl (C=O) groups excluding carboxylic acids is 5. The Morgan fingerprint density at radius 1 is 0.784 bits per heavy atom. The quantitative estimate of drug-likeness (QED) is 0.0597. The van der Waals surface area contributed by atoms with Gasteiger partial charge in [0.15, 0.2) is 0 Å². The van der Waals surface area contributed by atoms with Crippen LogP contribution in [0.25, 0.3) is 0 Å². The van der Waals surface area contributed by atoms with E-state index >= 15 is 0 Å². The minimum atomic E-state index is -1.35. The first-order valence-corrected chi connectivity index (χ1v) is 18.8. The number of aryl methyl sites for hydroxylation is 1. The van der Waals surface area contributed by atoms with Gasteiger partial charge in [0.1, 0.15) is 45.2 Å². The molecule has 1 atom stereocenters. The monoisotopic (exact) mass is 918 g/mol. The number of imidazole rings is 1. The molecule has 0 aliphatic heterocycles. The van der Waals surface area contributed by atoms with Crippen LogP contribution in [0.1, 0.15) is 60.1 Å². The van der Waals surface area contributed by atoms with Crippen LogP contribution >= 0.6 is 47.8 Å². The lowest BCUT2D eigenvalue weighted by molar-refractivity contribution is -0.170. The molecule has 0 aromatic carbocycles. The third-order valence-corrected chi connectivity index (χ3v) is 8.01. The van der Waals surface area contributed by atoms with Gasteiger partial charge in [-0.2, -0.15) is 0 Å². The van der Waals surface area contributed by atoms with E-state index in [-0.39, 0.29) is 52.0 Å². The molecule has 51 heavy (non-hydrogen) atoms. The van der Waals surface area contributed by atoms with Gasteiger partial charge in [-0.3, -0.25) is 24.0 Å². The number of esters is 3. The summed E-state index contributed by atoms with van der Waals surface area (Å²) in [6.45, 7) is 9.33. The van der Waals surface area contributed by atoms with Gasteiger partial charge in [0.25, 0.3) is 0 Å². The summed E-state index contributed by atoms with van der Waals surface area (Å²) in [5.74, 6) is -2.32. The Hall–Kier alpha value is -1.96. The Morgan fingerprint density at radius 2 is 1.27 bits per heavy atom. The molecule has 0 fully saturated rings. The van der Waals surface area contributed by atoms with Crippen LogP contribution < -0.4 is 11.1 Å². The largest absolute Gasteiger partial charge is 0.464 e. The van der Waals surface area contributed by atoms with Crippen LogP contribution in [0.2, 0.25) is 0 Å². The molecular formula is C33H53Br3N4O11. The van der Waals surface area contributed by atoms with E-state index in [1.165, 1.54) is 0 Å². The maximum Gasteiger partial charge on any atom is 0.322 e. The van der Waals surface area contributed by atoms with Crippen molar-refractivity contribution >= 4 is 77.4 Å². The highest BCUT2D eigenvalue weighted by Crippen LogP contribution is 2.27. The highest BCUT2D eigenvalue weighted by molar-refractivity contribution is 9.10. The average molecular weight is 922 g/mol. The zero-order valence-electron chi connectivity index (χ0n) is 30.5. The van der Waals surface area contributed by atoms with Crippen molar-refractivity contribution in [2.75, 3.05) is 66.0 Å². The summed E-state index contributed by atoms with van der Waals surface area (Å²) in [5.41, 5.74) is 5.56. The van der Waals surface area contributed by atoms with E-state index in [9.17, 15) is 24.0 Å². The number of amides is 1. The summed E-state index contributed by atoms with van der Waals surface area (Å²) >= 11 is 9.77. The number of nitrogens with two attached hydrogens (primary N) is 1. The van der Waals surface area contributed by atoms with E-state index in [1.807, 2.05) is 11.6 Å². The second-order valence-corrected chi connectivity index (χ2v) is 19.5. The third-order valence-electron chi connectivity index (χ3n) is 7.04. The maximum absolute atomic E-state index is 12.6. The zero-order valence-corrected chi connectivity index (χ0v) is 35.3. The lowest BCUT2D eigenvalue weighted by Gasteiger charge is -2.34. The highest BCUT2D eigenvalue weighted by atomic mass is 79.9. The van der Waals surface area contributed by atoms with Gasteiger partial charge in [0.2, 0.25) is 5.91 Å². The Morgan fingerprint density at radius 3 is 1.73 bits per heavy atom. The standard InChI is InChI=1S/C33H53Br3N4O11/c1-30(2,34)27(43)49-19-33(20-50-28(44)31(3,4)35,21-51-29(45)32(5,6)36)18-48-17-26(42)39-10-12-47-14-13-46-11-8-9-25(41)24(37)15-23-16-38-22-40(23)7/h16,22,24H,8-15,17-21,37H2,1-7H3,(H,39,42). The van der Waals surface area contributed by atoms with Gasteiger partial charge >= 0.3 is 17.9 Å². The van der Waals surface area contributed by atoms with Crippen LogP contribution in [-0.2, 0) is 65.9 Å². The number of nitrogens with zero attached hydrogens (tertiary/aromatic N) is 2. The molecule has 292 valence electrons. The molecule has 0 radical (unpaired) electrons. The second kappa shape index (κ2) is 22.3. The second-order valence-electron chi connectivity index (χ2n) is 13.6. The number of ether oxygens (including phenoxy) is 6. The van der Waals surface area contributed by atoms with Crippen molar-refractivity contribution in [1.29, 1.82) is 0 Å². The number of aromatic nitrogens is 2. The van der Waals surface area contributed by atoms with Crippen LogP contribution in [0, 0.1) is 5.41 Å². The SMILES string of the molecule is Cn1cncc1CC(N)C(=O)CCCOCCOCCNC(=O)COCC(COC(=O)C(C)(C)Br)(COC(=O)C(C)(C)Br)COC(=O)C(C)(C)Br. The van der Waals surface area contributed by atoms with Crippen molar-refractivity contribution in [3.8, 4) is 0 Å². The topological polar surface area (TPSA) is 197 Å². The van der Waals surface area contributed by atoms with Gasteiger partial charge in [0, 0.05) is 44.9 Å². The molecule has 15 nitrogen and oxygen atoms in total. The summed E-state index contributed by atoms with van der Waals surface area (Å²) in [6.07, 6.45) is 4.65. The van der Waals surface area contributed by atoms with Crippen molar-refractivity contribution in [2.45, 2.75) is 79.8 Å². The molecule has 1 aromatic rings. The first-order chi connectivity index (χ1) is 23.6. The molecule has 0 aliphatic rings. The number of carbonyl (C=O) groups is 5. The molecule has 1 aromatic heterocycles. The van der Waals surface area contributed by atoms with E-state index in [2.05, 4.69) is 58.1 Å². The van der Waals surface area contributed by atoms with Crippen molar-refractivity contribution in [3.63, 3.8) is 0 Å². The smallest absolute Gasteiger partial charge is 0.322 e. The fraction of sp³-hybridized carbons (Fsp3) is 0.758. The fourth-order valence-electron chi connectivity index (χ4n) is 3.87. The number of halogens is 3. The fourth-order valence-corrected chi connectivity index (χ4v) is 4.21. The molecule has 0 saturated heterocycles. The molecule has 0 spiro atoms. The lowest BCUT2D eigenvalue weighted by Crippen LogP contribution is -2.47. The van der Waals surface area contributed by atoms with Crippen LogP contribution in [0.5, 0.6) is 0 Å². The van der Waals surface area contributed by atoms with Gasteiger partial charge in [-0.15, -0.1) is 0 Å². The molecule has 0 bridgehead atoms. The molecule has 1 unspecified atom stereocenters. The number of Topliss-reactive ketones (excluding diaryl/α,β-unsaturated/α-hetero) is 1. The van der Waals surface area contributed by atoms with Gasteiger partial charge in [0.05, 0.1) is 44.2 Å². The predicted octanol–water partition coefficient (Wildman–Crippen LogP) is 2.94. The normalized spacial score (nSPS) is 13.0. The molecular weight excluding hydrogens is 868 g/mol. The molecule has 1 amide bonds. The van der Waals surface area contributed by atoms with E-state index in [0.717, 1.165) is 5.69 Å². The first kappa shape index (κ1) is 47.1. The van der Waals surface area contributed by atoms with E-state index in [1.54, 1.807) is 54.1 Å². The van der Waals surface area contributed by atoms with E-state index in [4.69, 9.17) is 34.2 Å². The number of rotatable bonds is 26. The van der Waals surface area contributed by atoms with Crippen LogP contribution in [0.15, 0.2) is 12.5 Å². The lowest BCUT2D eigenvalue weighted by atomic mass is 9.92. The third kappa shape index (κ3) is 19.6. The minimum absolute atomic E-state index is 0.0344. The molecule has 18 heteroatoms. The Kier molecular flexibility index (Phi) is 20.6. The number of alkyl halides is 3. The molecule has 3 N–H and O–H groups in total. The summed E-state index contributed by atoms with van der Waals surface area (Å²) in [7, 11) is 1.85. The average Bonchev–Trinajstić information content (AvgIpc) is 3.43. The summed E-state index contributed by atoms with van der Waals surface area (Å²) in [5, 5.41) is 2.67. The Balaban J connectivity index is 2.54. The molecule has 0 aliphatic carbocycles. The zero-order chi connectivity index (χ0) is 38.9. The predicted molar refractivity (Wildman–Crippen MR) is 199 cm³/mol. The van der Waals surface area contributed by atoms with Crippen LogP contribution in [0.4, 0.5) is 0 Å². The van der Waals surface area contributed by atoms with Crippen molar-refractivity contribution in [3.05, 3.63) is 18.2 Å². The van der Waals surface area contributed by atoms with E-state index < -0.39 is 48.2 Å². The van der Waals surface area contributed by atoms with E-state index in [0.29, 0.717) is 39.1 Å². The number of ketones is 1. The molecule has 0 saturated carbocycles. The summed E-state index contributed by atoms with van der Waals surface area (Å²) in [4.78, 5) is 66.6. The molecule has 1 heterocycles. The maximum atomic E-state index is 12.6. The minimum Gasteiger partial charge on any atom is -0.464 e. The van der Waals surface area contributed by atoms with Crippen molar-refractivity contribution < 1.29 is 52.4 Å². The summed E-state index contributed by atoms with van der Waals surface area (Å²) < 4.78 is 32.0. The summed E-state index contributed by atoms with van der Waals surface area (Å²) in [6, 6.07) is -0.587. The van der Waals surface area contributed by atoms with Gasteiger partial charge in [-0.05, 0) is 48.0 Å². The highest BCUT2D eigenvalue weighted by Gasteiger charge is 2.41. The van der Waals surface area contributed by atoms with Crippen molar-refractivity contribution in [2.24, 2.45) is 18.2 Å². The number of hydrogen-bond donors (Lipinski definition) is 2. The van der Waals surface area contributed by atoms with Gasteiger partial charge in [-0.1, -0.05) is 47.8 Å². The van der Waals surface area contributed by atoms with Gasteiger partial charge in [-0.25, -0.2) is 4.98 Å².